The minimum atomic E-state index is -0.0502. The second kappa shape index (κ2) is 11.4. The molecule has 2 aromatic heterocycles. The van der Waals surface area contributed by atoms with Crippen molar-refractivity contribution in [1.29, 1.82) is 0 Å². The fraction of sp³-hybridized carbons (Fsp3) is 0.500. The zero-order chi connectivity index (χ0) is 20.8. The van der Waals surface area contributed by atoms with Crippen LogP contribution in [0.15, 0.2) is 46.1 Å². The minimum absolute atomic E-state index is 0. The lowest BCUT2D eigenvalue weighted by molar-refractivity contribution is 0.0657. The molecule has 0 aliphatic carbocycles. The summed E-state index contributed by atoms with van der Waals surface area (Å²) < 4.78 is 5.24. The fourth-order valence-electron chi connectivity index (χ4n) is 3.91. The van der Waals surface area contributed by atoms with Crippen LogP contribution in [0.5, 0.6) is 0 Å². The SMILES string of the molecule is CCNC(=NCc1ccc(N2CCCC2)nc1)N1CCN(C(=O)c2ccco2)CC1.I. The lowest BCUT2D eigenvalue weighted by atomic mass is 10.2. The Balaban J connectivity index is 0.00000272. The molecule has 0 bridgehead atoms. The van der Waals surface area contributed by atoms with Gasteiger partial charge < -0.3 is 24.4 Å². The molecule has 0 spiro atoms. The van der Waals surface area contributed by atoms with Crippen LogP contribution in [-0.2, 0) is 6.54 Å². The molecule has 2 fully saturated rings. The van der Waals surface area contributed by atoms with Gasteiger partial charge in [-0.25, -0.2) is 9.98 Å². The third-order valence-electron chi connectivity index (χ3n) is 5.58. The third kappa shape index (κ3) is 5.90. The highest BCUT2D eigenvalue weighted by Crippen LogP contribution is 2.18. The van der Waals surface area contributed by atoms with Gasteiger partial charge in [-0.2, -0.15) is 0 Å². The number of nitrogens with zero attached hydrogens (tertiary/aromatic N) is 5. The van der Waals surface area contributed by atoms with E-state index in [4.69, 9.17) is 9.41 Å². The summed E-state index contributed by atoms with van der Waals surface area (Å²) in [7, 11) is 0. The highest BCUT2D eigenvalue weighted by atomic mass is 127. The molecule has 0 radical (unpaired) electrons. The van der Waals surface area contributed by atoms with Crippen molar-refractivity contribution in [3.8, 4) is 0 Å². The Kier molecular flexibility index (Phi) is 8.56. The second-order valence-electron chi connectivity index (χ2n) is 7.65. The normalized spacial score (nSPS) is 16.9. The molecule has 0 atom stereocenters. The van der Waals surface area contributed by atoms with Crippen LogP contribution in [0.2, 0.25) is 0 Å². The first kappa shape index (κ1) is 23.4. The van der Waals surface area contributed by atoms with Gasteiger partial charge in [-0.15, -0.1) is 24.0 Å². The first-order valence-electron chi connectivity index (χ1n) is 10.8. The summed E-state index contributed by atoms with van der Waals surface area (Å²) in [6, 6.07) is 7.67. The number of rotatable bonds is 5. The van der Waals surface area contributed by atoms with Crippen molar-refractivity contribution in [2.75, 3.05) is 50.7 Å². The van der Waals surface area contributed by atoms with E-state index in [0.29, 0.717) is 25.4 Å². The molecule has 0 saturated carbocycles. The van der Waals surface area contributed by atoms with E-state index in [1.807, 2.05) is 11.1 Å². The number of furan rings is 1. The predicted octanol–water partition coefficient (Wildman–Crippen LogP) is 2.82. The molecular formula is C22H31IN6O2. The Labute approximate surface area is 200 Å². The molecule has 4 rings (SSSR count). The summed E-state index contributed by atoms with van der Waals surface area (Å²) in [6.45, 7) is 8.43. The van der Waals surface area contributed by atoms with Gasteiger partial charge in [-0.3, -0.25) is 4.79 Å². The van der Waals surface area contributed by atoms with Gasteiger partial charge in [0.15, 0.2) is 11.7 Å². The molecule has 168 valence electrons. The summed E-state index contributed by atoms with van der Waals surface area (Å²) >= 11 is 0. The number of anilines is 1. The predicted molar refractivity (Wildman–Crippen MR) is 132 cm³/mol. The van der Waals surface area contributed by atoms with E-state index < -0.39 is 0 Å². The van der Waals surface area contributed by atoms with Crippen LogP contribution in [-0.4, -0.2) is 72.5 Å². The van der Waals surface area contributed by atoms with Gasteiger partial charge >= 0.3 is 0 Å². The molecule has 1 amide bonds. The number of nitrogens with one attached hydrogen (secondary N) is 1. The van der Waals surface area contributed by atoms with Crippen LogP contribution < -0.4 is 10.2 Å². The summed E-state index contributed by atoms with van der Waals surface area (Å²) in [4.78, 5) is 28.3. The van der Waals surface area contributed by atoms with Gasteiger partial charge in [-0.05, 0) is 43.5 Å². The van der Waals surface area contributed by atoms with E-state index in [1.165, 1.54) is 19.1 Å². The molecule has 0 aromatic carbocycles. The summed E-state index contributed by atoms with van der Waals surface area (Å²) in [5.41, 5.74) is 1.10. The van der Waals surface area contributed by atoms with Crippen molar-refractivity contribution in [2.45, 2.75) is 26.3 Å². The Morgan fingerprint density at radius 3 is 2.45 bits per heavy atom. The smallest absolute Gasteiger partial charge is 0.289 e. The average Bonchev–Trinajstić information content (AvgIpc) is 3.51. The number of pyridine rings is 1. The number of carbonyl (C=O) groups is 1. The number of aromatic nitrogens is 1. The molecule has 2 aromatic rings. The van der Waals surface area contributed by atoms with Gasteiger partial charge in [0.25, 0.3) is 5.91 Å². The van der Waals surface area contributed by atoms with Crippen molar-refractivity contribution in [2.24, 2.45) is 4.99 Å². The van der Waals surface area contributed by atoms with Crippen molar-refractivity contribution in [1.82, 2.24) is 20.1 Å². The third-order valence-corrected chi connectivity index (χ3v) is 5.58. The Bertz CT molecular complexity index is 841. The lowest BCUT2D eigenvalue weighted by Crippen LogP contribution is -2.53. The van der Waals surface area contributed by atoms with Gasteiger partial charge in [-0.1, -0.05) is 6.07 Å². The largest absolute Gasteiger partial charge is 0.459 e. The molecule has 4 heterocycles. The van der Waals surface area contributed by atoms with E-state index in [2.05, 4.69) is 39.2 Å². The standard InChI is InChI=1S/C22H30N6O2.HI/c1-2-23-22(25-17-18-7-8-20(24-16-18)26-9-3-4-10-26)28-13-11-27(12-14-28)21(29)19-6-5-15-30-19;/h5-8,15-16H,2-4,9-14,17H2,1H3,(H,23,25);1H. The van der Waals surface area contributed by atoms with Crippen molar-refractivity contribution in [3.63, 3.8) is 0 Å². The molecule has 2 saturated heterocycles. The first-order valence-corrected chi connectivity index (χ1v) is 10.8. The minimum Gasteiger partial charge on any atom is -0.459 e. The molecule has 9 heteroatoms. The monoisotopic (exact) mass is 538 g/mol. The Morgan fingerprint density at radius 1 is 1.10 bits per heavy atom. The van der Waals surface area contributed by atoms with Crippen LogP contribution >= 0.6 is 24.0 Å². The molecule has 1 N–H and O–H groups in total. The molecular weight excluding hydrogens is 507 g/mol. The maximum atomic E-state index is 12.5. The zero-order valence-corrected chi connectivity index (χ0v) is 20.3. The van der Waals surface area contributed by atoms with Crippen LogP contribution in [0.25, 0.3) is 0 Å². The number of hydrogen-bond donors (Lipinski definition) is 1. The first-order chi connectivity index (χ1) is 14.7. The maximum Gasteiger partial charge on any atom is 0.289 e. The molecule has 0 unspecified atom stereocenters. The van der Waals surface area contributed by atoms with E-state index >= 15 is 0 Å². The molecule has 8 nitrogen and oxygen atoms in total. The van der Waals surface area contributed by atoms with Crippen molar-refractivity contribution >= 4 is 41.7 Å². The quantitative estimate of drug-likeness (QED) is 0.359. The van der Waals surface area contributed by atoms with Crippen LogP contribution in [0, 0.1) is 0 Å². The van der Waals surface area contributed by atoms with Crippen LogP contribution in [0.1, 0.15) is 35.9 Å². The van der Waals surface area contributed by atoms with Gasteiger partial charge in [0.1, 0.15) is 5.82 Å². The van der Waals surface area contributed by atoms with Crippen LogP contribution in [0.4, 0.5) is 5.82 Å². The molecule has 2 aliphatic rings. The number of amides is 1. The number of carbonyl (C=O) groups excluding carboxylic acids is 1. The lowest BCUT2D eigenvalue weighted by Gasteiger charge is -2.36. The Morgan fingerprint density at radius 2 is 1.84 bits per heavy atom. The van der Waals surface area contributed by atoms with E-state index in [1.54, 1.807) is 12.1 Å². The highest BCUT2D eigenvalue weighted by Gasteiger charge is 2.25. The summed E-state index contributed by atoms with van der Waals surface area (Å²) in [6.07, 6.45) is 5.97. The van der Waals surface area contributed by atoms with Gasteiger partial charge in [0, 0.05) is 52.0 Å². The van der Waals surface area contributed by atoms with E-state index in [9.17, 15) is 4.79 Å². The number of guanidine groups is 1. The molecule has 31 heavy (non-hydrogen) atoms. The number of piperazine rings is 1. The number of halogens is 1. The number of hydrogen-bond acceptors (Lipinski definition) is 5. The summed E-state index contributed by atoms with van der Waals surface area (Å²) in [5.74, 6) is 2.29. The maximum absolute atomic E-state index is 12.5. The summed E-state index contributed by atoms with van der Waals surface area (Å²) in [5, 5.41) is 3.38. The second-order valence-corrected chi connectivity index (χ2v) is 7.65. The van der Waals surface area contributed by atoms with E-state index in [0.717, 1.165) is 50.1 Å². The van der Waals surface area contributed by atoms with E-state index in [-0.39, 0.29) is 29.9 Å². The van der Waals surface area contributed by atoms with Gasteiger partial charge in [0.05, 0.1) is 12.8 Å². The number of aliphatic imine (C=N–C) groups is 1. The van der Waals surface area contributed by atoms with Crippen molar-refractivity contribution in [3.05, 3.63) is 48.0 Å². The molecule has 2 aliphatic heterocycles. The van der Waals surface area contributed by atoms with Gasteiger partial charge in [0.2, 0.25) is 0 Å². The fourth-order valence-corrected chi connectivity index (χ4v) is 3.91. The van der Waals surface area contributed by atoms with Crippen molar-refractivity contribution < 1.29 is 9.21 Å². The zero-order valence-electron chi connectivity index (χ0n) is 18.0. The average molecular weight is 538 g/mol. The topological polar surface area (TPSA) is 77.2 Å². The van der Waals surface area contributed by atoms with Crippen LogP contribution in [0.3, 0.4) is 0 Å². The Hall–Kier alpha value is -2.30. The highest BCUT2D eigenvalue weighted by molar-refractivity contribution is 14.0.